The monoisotopic (exact) mass is 352 g/mol. The van der Waals surface area contributed by atoms with Gasteiger partial charge in [0.2, 0.25) is 0 Å². The molecule has 1 aliphatic heterocycles. The summed E-state index contributed by atoms with van der Waals surface area (Å²) in [5, 5.41) is 0. The number of hydrogen-bond donors (Lipinski definition) is 0. The molecule has 2 aromatic carbocycles. The highest BCUT2D eigenvalue weighted by molar-refractivity contribution is 5.97. The van der Waals surface area contributed by atoms with Crippen LogP contribution in [0.2, 0.25) is 0 Å². The van der Waals surface area contributed by atoms with Gasteiger partial charge in [0, 0.05) is 13.8 Å². The van der Waals surface area contributed by atoms with Crippen LogP contribution in [0.25, 0.3) is 0 Å². The minimum Gasteiger partial charge on any atom is -0.422 e. The highest BCUT2D eigenvalue weighted by Gasteiger charge is 2.46. The molecule has 2 aromatic rings. The molecule has 3 rings (SSSR count). The van der Waals surface area contributed by atoms with E-state index in [1.54, 1.807) is 13.8 Å². The highest BCUT2D eigenvalue weighted by atomic mass is 16.7. The number of ether oxygens (including phenoxy) is 2. The first-order valence-corrected chi connectivity index (χ1v) is 8.98. The third-order valence-corrected chi connectivity index (χ3v) is 4.66. The average molecular weight is 352 g/mol. The van der Waals surface area contributed by atoms with Gasteiger partial charge in [-0.2, -0.15) is 0 Å². The molecule has 4 heteroatoms. The average Bonchev–Trinajstić information content (AvgIpc) is 2.59. The Kier molecular flexibility index (Phi) is 5.40. The molecule has 1 unspecified atom stereocenters. The van der Waals surface area contributed by atoms with Crippen LogP contribution in [0.1, 0.15) is 31.4 Å². The normalized spacial score (nSPS) is 18.1. The molecule has 0 aromatic heterocycles. The smallest absolute Gasteiger partial charge is 0.323 e. The summed E-state index contributed by atoms with van der Waals surface area (Å²) in [4.78, 5) is 25.1. The van der Waals surface area contributed by atoms with E-state index >= 15 is 0 Å². The summed E-state index contributed by atoms with van der Waals surface area (Å²) in [6.07, 6.45) is 2.12. The summed E-state index contributed by atoms with van der Waals surface area (Å²) in [5.41, 5.74) is 2.28. The first-order valence-electron chi connectivity index (χ1n) is 8.98. The maximum atomic E-state index is 12.5. The zero-order valence-corrected chi connectivity index (χ0v) is 15.2. The molecular weight excluding hydrogens is 328 g/mol. The second-order valence-electron chi connectivity index (χ2n) is 7.19. The van der Waals surface area contributed by atoms with Gasteiger partial charge in [-0.05, 0) is 36.3 Å². The van der Waals surface area contributed by atoms with Gasteiger partial charge in [-0.25, -0.2) is 0 Å². The van der Waals surface area contributed by atoms with Crippen molar-refractivity contribution in [3.63, 3.8) is 0 Å². The Morgan fingerprint density at radius 2 is 1.35 bits per heavy atom. The quantitative estimate of drug-likeness (QED) is 0.584. The molecule has 0 saturated carbocycles. The standard InChI is InChI=1S/C22H24O4/c1-22(2)25-20(23)19(21(24)26-22)18(15-17-11-7-4-8-12-17)14-13-16-9-5-3-6-10-16/h3-12,18-19H,13-15H2,1-2H3. The van der Waals surface area contributed by atoms with E-state index < -0.39 is 23.6 Å². The molecule has 26 heavy (non-hydrogen) atoms. The third-order valence-electron chi connectivity index (χ3n) is 4.66. The number of hydrogen-bond acceptors (Lipinski definition) is 4. The SMILES string of the molecule is CC1(C)OC(=O)C(C(CCc2ccccc2)Cc2ccccc2)C(=O)O1. The molecule has 0 N–H and O–H groups in total. The Morgan fingerprint density at radius 3 is 1.88 bits per heavy atom. The van der Waals surface area contributed by atoms with Crippen LogP contribution in [0.15, 0.2) is 60.7 Å². The van der Waals surface area contributed by atoms with Gasteiger partial charge in [-0.1, -0.05) is 60.7 Å². The number of carbonyl (C=O) groups excluding carboxylic acids is 2. The molecular formula is C22H24O4. The van der Waals surface area contributed by atoms with Crippen molar-refractivity contribution < 1.29 is 19.1 Å². The molecule has 136 valence electrons. The van der Waals surface area contributed by atoms with Crippen molar-refractivity contribution in [1.29, 1.82) is 0 Å². The fourth-order valence-corrected chi connectivity index (χ4v) is 3.41. The summed E-state index contributed by atoms with van der Waals surface area (Å²) in [5.74, 6) is -3.22. The fourth-order valence-electron chi connectivity index (χ4n) is 3.41. The van der Waals surface area contributed by atoms with Crippen LogP contribution in [0, 0.1) is 11.8 Å². The van der Waals surface area contributed by atoms with E-state index in [0.29, 0.717) is 12.8 Å². The number of rotatable bonds is 6. The molecule has 0 bridgehead atoms. The molecule has 0 spiro atoms. The van der Waals surface area contributed by atoms with Crippen LogP contribution in [0.4, 0.5) is 0 Å². The first-order chi connectivity index (χ1) is 12.4. The minimum absolute atomic E-state index is 0.172. The van der Waals surface area contributed by atoms with Gasteiger partial charge >= 0.3 is 11.9 Å². The van der Waals surface area contributed by atoms with Gasteiger partial charge in [0.1, 0.15) is 0 Å². The fraction of sp³-hybridized carbons (Fsp3) is 0.364. The summed E-state index contributed by atoms with van der Waals surface area (Å²) < 4.78 is 10.7. The van der Waals surface area contributed by atoms with Crippen LogP contribution < -0.4 is 0 Å². The van der Waals surface area contributed by atoms with E-state index in [0.717, 1.165) is 12.0 Å². The number of cyclic esters (lactones) is 2. The predicted molar refractivity (Wildman–Crippen MR) is 98.2 cm³/mol. The van der Waals surface area contributed by atoms with Crippen LogP contribution in [-0.2, 0) is 31.9 Å². The van der Waals surface area contributed by atoms with Crippen LogP contribution >= 0.6 is 0 Å². The lowest BCUT2D eigenvalue weighted by atomic mass is 9.82. The molecule has 1 heterocycles. The second-order valence-corrected chi connectivity index (χ2v) is 7.19. The summed E-state index contributed by atoms with van der Waals surface area (Å²) in [7, 11) is 0. The van der Waals surface area contributed by atoms with Gasteiger partial charge in [-0.3, -0.25) is 9.59 Å². The zero-order valence-electron chi connectivity index (χ0n) is 15.2. The number of benzene rings is 2. The maximum absolute atomic E-state index is 12.5. The Labute approximate surface area is 154 Å². The van der Waals surface area contributed by atoms with Crippen molar-refractivity contribution in [3.05, 3.63) is 71.8 Å². The summed E-state index contributed by atoms with van der Waals surface area (Å²) >= 11 is 0. The lowest BCUT2D eigenvalue weighted by molar-refractivity contribution is -0.242. The molecule has 4 nitrogen and oxygen atoms in total. The van der Waals surface area contributed by atoms with E-state index in [-0.39, 0.29) is 5.92 Å². The van der Waals surface area contributed by atoms with E-state index in [9.17, 15) is 9.59 Å². The van der Waals surface area contributed by atoms with Crippen molar-refractivity contribution in [2.75, 3.05) is 0 Å². The van der Waals surface area contributed by atoms with Gasteiger partial charge < -0.3 is 9.47 Å². The minimum atomic E-state index is -1.19. The first kappa shape index (κ1) is 18.2. The van der Waals surface area contributed by atoms with Crippen molar-refractivity contribution in [2.24, 2.45) is 11.8 Å². The number of esters is 2. The second kappa shape index (κ2) is 7.73. The van der Waals surface area contributed by atoms with Gasteiger partial charge in [0.15, 0.2) is 5.92 Å². The maximum Gasteiger partial charge on any atom is 0.323 e. The predicted octanol–water partition coefficient (Wildman–Crippen LogP) is 3.93. The molecule has 0 aliphatic carbocycles. The van der Waals surface area contributed by atoms with Crippen LogP contribution in [0.3, 0.4) is 0 Å². The summed E-state index contributed by atoms with van der Waals surface area (Å²) in [6, 6.07) is 20.0. The molecule has 1 aliphatic rings. The van der Waals surface area contributed by atoms with Crippen LogP contribution in [-0.4, -0.2) is 17.7 Å². The Hall–Kier alpha value is -2.62. The summed E-state index contributed by atoms with van der Waals surface area (Å²) in [6.45, 7) is 3.16. The lowest BCUT2D eigenvalue weighted by Crippen LogP contribution is -2.49. The van der Waals surface area contributed by atoms with Gasteiger partial charge in [0.05, 0.1) is 0 Å². The van der Waals surface area contributed by atoms with Crippen LogP contribution in [0.5, 0.6) is 0 Å². The van der Waals surface area contributed by atoms with E-state index in [4.69, 9.17) is 9.47 Å². The third kappa shape index (κ3) is 4.51. The van der Waals surface area contributed by atoms with Gasteiger partial charge in [-0.15, -0.1) is 0 Å². The Balaban J connectivity index is 1.80. The molecule has 1 fully saturated rings. The number of aryl methyl sites for hydroxylation is 1. The Bertz CT molecular complexity index is 732. The van der Waals surface area contributed by atoms with E-state index in [1.165, 1.54) is 5.56 Å². The highest BCUT2D eigenvalue weighted by Crippen LogP contribution is 2.32. The topological polar surface area (TPSA) is 52.6 Å². The molecule has 0 radical (unpaired) electrons. The number of carbonyl (C=O) groups is 2. The molecule has 0 amide bonds. The van der Waals surface area contributed by atoms with E-state index in [1.807, 2.05) is 48.5 Å². The van der Waals surface area contributed by atoms with Crippen molar-refractivity contribution in [2.45, 2.75) is 38.9 Å². The lowest BCUT2D eigenvalue weighted by Gasteiger charge is -2.36. The molecule has 1 atom stereocenters. The molecule has 1 saturated heterocycles. The van der Waals surface area contributed by atoms with Crippen molar-refractivity contribution in [3.8, 4) is 0 Å². The van der Waals surface area contributed by atoms with Crippen molar-refractivity contribution >= 4 is 11.9 Å². The largest absolute Gasteiger partial charge is 0.422 e. The van der Waals surface area contributed by atoms with E-state index in [2.05, 4.69) is 12.1 Å². The zero-order chi connectivity index (χ0) is 18.6. The van der Waals surface area contributed by atoms with Crippen molar-refractivity contribution in [1.82, 2.24) is 0 Å². The van der Waals surface area contributed by atoms with Gasteiger partial charge in [0.25, 0.3) is 5.79 Å². The Morgan fingerprint density at radius 1 is 0.846 bits per heavy atom.